The molecule has 88 valence electrons. The molecule has 0 aliphatic heterocycles. The molecule has 1 saturated carbocycles. The zero-order valence-electron chi connectivity index (χ0n) is 8.80. The second-order valence-electron chi connectivity index (χ2n) is 4.32. The normalized spacial score (nSPS) is 26.0. The van der Waals surface area contributed by atoms with Gasteiger partial charge in [-0.2, -0.15) is 13.2 Å². The zero-order chi connectivity index (χ0) is 11.8. The number of rotatable bonds is 1. The van der Waals surface area contributed by atoms with Gasteiger partial charge in [0.25, 0.3) is 0 Å². The Balaban J connectivity index is 2.19. The monoisotopic (exact) mass is 229 g/mol. The summed E-state index contributed by atoms with van der Waals surface area (Å²) in [6.07, 6.45) is -1.25. The number of nitrogens with two attached hydrogens (primary N) is 1. The average molecular weight is 229 g/mol. The molecule has 0 heterocycles. The predicted octanol–water partition coefficient (Wildman–Crippen LogP) is 3.30. The maximum Gasteiger partial charge on any atom is 0.416 e. The molecule has 1 nitrogen and oxygen atoms in total. The van der Waals surface area contributed by atoms with Crippen molar-refractivity contribution < 1.29 is 13.2 Å². The molecule has 0 amide bonds. The van der Waals surface area contributed by atoms with E-state index in [0.717, 1.165) is 37.0 Å². The Morgan fingerprint density at radius 3 is 2.12 bits per heavy atom. The van der Waals surface area contributed by atoms with Crippen LogP contribution >= 0.6 is 0 Å². The Labute approximate surface area is 92.5 Å². The van der Waals surface area contributed by atoms with Crippen molar-refractivity contribution in [3.05, 3.63) is 35.4 Å². The molecule has 1 aliphatic carbocycles. The lowest BCUT2D eigenvalue weighted by atomic mass is 9.94. The molecule has 2 N–H and O–H groups in total. The SMILES string of the molecule is N[C@H]1CCC[C@@H]1c1ccc(C(F)(F)F)cc1. The van der Waals surface area contributed by atoms with E-state index in [0.29, 0.717) is 0 Å². The Hall–Kier alpha value is -1.03. The van der Waals surface area contributed by atoms with Gasteiger partial charge in [0, 0.05) is 6.04 Å². The summed E-state index contributed by atoms with van der Waals surface area (Å²) in [4.78, 5) is 0. The molecule has 1 aliphatic rings. The number of benzene rings is 1. The van der Waals surface area contributed by atoms with Crippen molar-refractivity contribution in [2.24, 2.45) is 5.73 Å². The van der Waals surface area contributed by atoms with E-state index in [-0.39, 0.29) is 12.0 Å². The van der Waals surface area contributed by atoms with Crippen molar-refractivity contribution in [1.82, 2.24) is 0 Å². The van der Waals surface area contributed by atoms with Gasteiger partial charge < -0.3 is 5.73 Å². The minimum Gasteiger partial charge on any atom is -0.327 e. The van der Waals surface area contributed by atoms with E-state index < -0.39 is 11.7 Å². The summed E-state index contributed by atoms with van der Waals surface area (Å²) in [6, 6.07) is 5.48. The first-order valence-electron chi connectivity index (χ1n) is 5.41. The van der Waals surface area contributed by atoms with E-state index in [1.54, 1.807) is 12.1 Å². The second-order valence-corrected chi connectivity index (χ2v) is 4.32. The molecular formula is C12H14F3N. The second kappa shape index (κ2) is 4.09. The highest BCUT2D eigenvalue weighted by atomic mass is 19.4. The van der Waals surface area contributed by atoms with Crippen LogP contribution in [0, 0.1) is 0 Å². The highest BCUT2D eigenvalue weighted by molar-refractivity contribution is 5.28. The summed E-state index contributed by atoms with van der Waals surface area (Å²) in [5.41, 5.74) is 6.25. The van der Waals surface area contributed by atoms with Crippen LogP contribution in [0.5, 0.6) is 0 Å². The Morgan fingerprint density at radius 1 is 1.06 bits per heavy atom. The fraction of sp³-hybridized carbons (Fsp3) is 0.500. The molecule has 0 aromatic heterocycles. The lowest BCUT2D eigenvalue weighted by molar-refractivity contribution is -0.137. The van der Waals surface area contributed by atoms with Gasteiger partial charge in [-0.1, -0.05) is 18.6 Å². The third-order valence-electron chi connectivity index (χ3n) is 3.24. The summed E-state index contributed by atoms with van der Waals surface area (Å²) >= 11 is 0. The highest BCUT2D eigenvalue weighted by Gasteiger charge is 2.31. The van der Waals surface area contributed by atoms with Gasteiger partial charge in [-0.25, -0.2) is 0 Å². The third-order valence-corrected chi connectivity index (χ3v) is 3.24. The van der Waals surface area contributed by atoms with Crippen molar-refractivity contribution in [2.45, 2.75) is 37.4 Å². The van der Waals surface area contributed by atoms with Gasteiger partial charge >= 0.3 is 6.18 Å². The molecule has 0 unspecified atom stereocenters. The van der Waals surface area contributed by atoms with Gasteiger partial charge in [-0.05, 0) is 36.5 Å². The van der Waals surface area contributed by atoms with Gasteiger partial charge in [-0.3, -0.25) is 0 Å². The third kappa shape index (κ3) is 2.21. The minimum atomic E-state index is -4.25. The fourth-order valence-corrected chi connectivity index (χ4v) is 2.32. The van der Waals surface area contributed by atoms with Crippen LogP contribution < -0.4 is 5.73 Å². The smallest absolute Gasteiger partial charge is 0.327 e. The molecule has 1 aromatic rings. The maximum atomic E-state index is 12.3. The van der Waals surface area contributed by atoms with E-state index in [9.17, 15) is 13.2 Å². The molecule has 16 heavy (non-hydrogen) atoms. The molecule has 4 heteroatoms. The first-order chi connectivity index (χ1) is 7.48. The molecule has 2 atom stereocenters. The van der Waals surface area contributed by atoms with E-state index in [1.165, 1.54) is 0 Å². The van der Waals surface area contributed by atoms with Crippen LogP contribution in [-0.4, -0.2) is 6.04 Å². The minimum absolute atomic E-state index is 0.0942. The zero-order valence-corrected chi connectivity index (χ0v) is 8.80. The summed E-state index contributed by atoms with van der Waals surface area (Å²) in [5, 5.41) is 0. The number of halogens is 3. The van der Waals surface area contributed by atoms with Gasteiger partial charge in [0.05, 0.1) is 5.56 Å². The highest BCUT2D eigenvalue weighted by Crippen LogP contribution is 2.35. The van der Waals surface area contributed by atoms with E-state index in [2.05, 4.69) is 0 Å². The standard InChI is InChI=1S/C12H14F3N/c13-12(14,15)9-6-4-8(5-7-9)10-2-1-3-11(10)16/h4-7,10-11H,1-3,16H2/t10-,11+/m1/s1. The summed E-state index contributed by atoms with van der Waals surface area (Å²) in [6.45, 7) is 0. The average Bonchev–Trinajstić information content (AvgIpc) is 2.63. The fourth-order valence-electron chi connectivity index (χ4n) is 2.32. The summed E-state index contributed by atoms with van der Waals surface area (Å²) in [7, 11) is 0. The maximum absolute atomic E-state index is 12.3. The number of hydrogen-bond donors (Lipinski definition) is 1. The van der Waals surface area contributed by atoms with Crippen LogP contribution in [-0.2, 0) is 6.18 Å². The quantitative estimate of drug-likeness (QED) is 0.785. The first-order valence-corrected chi connectivity index (χ1v) is 5.41. The van der Waals surface area contributed by atoms with Crippen molar-refractivity contribution in [3.63, 3.8) is 0 Å². The molecule has 0 bridgehead atoms. The van der Waals surface area contributed by atoms with Crippen LogP contribution in [0.15, 0.2) is 24.3 Å². The van der Waals surface area contributed by atoms with Crippen LogP contribution in [0.1, 0.15) is 36.3 Å². The van der Waals surface area contributed by atoms with Crippen LogP contribution in [0.25, 0.3) is 0 Å². The van der Waals surface area contributed by atoms with Gasteiger partial charge in [0.15, 0.2) is 0 Å². The molecular weight excluding hydrogens is 215 g/mol. The first kappa shape index (κ1) is 11.5. The summed E-state index contributed by atoms with van der Waals surface area (Å²) in [5.74, 6) is 0.224. The van der Waals surface area contributed by atoms with Crippen LogP contribution in [0.4, 0.5) is 13.2 Å². The van der Waals surface area contributed by atoms with E-state index in [4.69, 9.17) is 5.73 Å². The van der Waals surface area contributed by atoms with Crippen molar-refractivity contribution >= 4 is 0 Å². The van der Waals surface area contributed by atoms with Gasteiger partial charge in [0.2, 0.25) is 0 Å². The van der Waals surface area contributed by atoms with Gasteiger partial charge in [0.1, 0.15) is 0 Å². The van der Waals surface area contributed by atoms with Gasteiger partial charge in [-0.15, -0.1) is 0 Å². The summed E-state index contributed by atoms with van der Waals surface area (Å²) < 4.78 is 37.0. The Bertz CT molecular complexity index is 356. The van der Waals surface area contributed by atoms with Crippen LogP contribution in [0.3, 0.4) is 0 Å². The Kier molecular flexibility index (Phi) is 2.93. The molecule has 2 rings (SSSR count). The molecule has 0 radical (unpaired) electrons. The predicted molar refractivity (Wildman–Crippen MR) is 56.0 cm³/mol. The largest absolute Gasteiger partial charge is 0.416 e. The Morgan fingerprint density at radius 2 is 1.69 bits per heavy atom. The molecule has 0 saturated heterocycles. The lowest BCUT2D eigenvalue weighted by Gasteiger charge is -2.16. The van der Waals surface area contributed by atoms with E-state index >= 15 is 0 Å². The van der Waals surface area contributed by atoms with Crippen LogP contribution in [0.2, 0.25) is 0 Å². The lowest BCUT2D eigenvalue weighted by Crippen LogP contribution is -2.22. The van der Waals surface area contributed by atoms with E-state index in [1.807, 2.05) is 0 Å². The molecule has 0 spiro atoms. The molecule has 1 aromatic carbocycles. The topological polar surface area (TPSA) is 26.0 Å². The molecule has 1 fully saturated rings. The van der Waals surface area contributed by atoms with Crippen molar-refractivity contribution in [3.8, 4) is 0 Å². The number of hydrogen-bond acceptors (Lipinski definition) is 1. The van der Waals surface area contributed by atoms with Crippen molar-refractivity contribution in [2.75, 3.05) is 0 Å². The van der Waals surface area contributed by atoms with Crippen molar-refractivity contribution in [1.29, 1.82) is 0 Å². The number of alkyl halides is 3.